The summed E-state index contributed by atoms with van der Waals surface area (Å²) in [5, 5.41) is 6.33. The fraction of sp³-hybridized carbons (Fsp3) is 0.421. The number of nitrogens with zero attached hydrogens (tertiary/aromatic N) is 3. The molecule has 1 aromatic heterocycles. The summed E-state index contributed by atoms with van der Waals surface area (Å²) in [6, 6.07) is 3.86. The van der Waals surface area contributed by atoms with Crippen LogP contribution in [-0.2, 0) is 19.6 Å². The maximum Gasteiger partial charge on any atom is 0.240 e. The Labute approximate surface area is 183 Å². The van der Waals surface area contributed by atoms with E-state index in [1.807, 2.05) is 4.90 Å². The van der Waals surface area contributed by atoms with Crippen molar-refractivity contribution < 1.29 is 31.3 Å². The van der Waals surface area contributed by atoms with E-state index >= 15 is 0 Å². The highest BCUT2D eigenvalue weighted by atomic mass is 32.2. The Morgan fingerprint density at radius 3 is 2.47 bits per heavy atom. The zero-order chi connectivity index (χ0) is 23.3. The van der Waals surface area contributed by atoms with Gasteiger partial charge in [-0.1, -0.05) is 5.16 Å². The molecule has 2 aromatic rings. The van der Waals surface area contributed by atoms with E-state index in [-0.39, 0.29) is 31.3 Å². The molecule has 1 aromatic carbocycles. The van der Waals surface area contributed by atoms with Crippen LogP contribution in [0.15, 0.2) is 33.7 Å². The number of aryl methyl sites for hydroxylation is 1. The number of carbonyl (C=O) groups is 2. The minimum atomic E-state index is -4.06. The molecule has 0 aliphatic carbocycles. The molecule has 2 N–H and O–H groups in total. The normalized spacial score (nSPS) is 15.0. The average Bonchev–Trinajstić information content (AvgIpc) is 3.14. The molecular weight excluding hydrogens is 448 g/mol. The van der Waals surface area contributed by atoms with Gasteiger partial charge < -0.3 is 14.7 Å². The van der Waals surface area contributed by atoms with Crippen molar-refractivity contribution in [1.82, 2.24) is 19.7 Å². The van der Waals surface area contributed by atoms with Gasteiger partial charge in [0.2, 0.25) is 21.8 Å². The third kappa shape index (κ3) is 6.31. The van der Waals surface area contributed by atoms with Crippen LogP contribution in [0, 0.1) is 18.6 Å². The Morgan fingerprint density at radius 2 is 1.84 bits per heavy atom. The number of anilines is 1. The van der Waals surface area contributed by atoms with Crippen molar-refractivity contribution in [3.05, 3.63) is 41.7 Å². The lowest BCUT2D eigenvalue weighted by Crippen LogP contribution is -2.50. The van der Waals surface area contributed by atoms with Crippen LogP contribution in [0.25, 0.3) is 0 Å². The second kappa shape index (κ2) is 10.1. The molecule has 0 saturated carbocycles. The predicted molar refractivity (Wildman–Crippen MR) is 109 cm³/mol. The van der Waals surface area contributed by atoms with Crippen LogP contribution < -0.4 is 10.0 Å². The van der Waals surface area contributed by atoms with Crippen molar-refractivity contribution in [3.63, 3.8) is 0 Å². The second-order valence-electron chi connectivity index (χ2n) is 7.25. The number of carbonyl (C=O) groups excluding carboxylic acids is 2. The lowest BCUT2D eigenvalue weighted by atomic mass is 10.2. The molecule has 1 aliphatic heterocycles. The quantitative estimate of drug-likeness (QED) is 0.581. The van der Waals surface area contributed by atoms with Crippen LogP contribution in [0.1, 0.15) is 12.2 Å². The van der Waals surface area contributed by atoms with E-state index in [2.05, 4.69) is 15.2 Å². The van der Waals surface area contributed by atoms with Gasteiger partial charge in [-0.15, -0.1) is 0 Å². The number of sulfonamides is 1. The van der Waals surface area contributed by atoms with Crippen LogP contribution in [0.5, 0.6) is 0 Å². The third-order valence-corrected chi connectivity index (χ3v) is 6.28. The summed E-state index contributed by atoms with van der Waals surface area (Å²) in [5.74, 6) is -1.99. The first-order chi connectivity index (χ1) is 15.1. The second-order valence-corrected chi connectivity index (χ2v) is 9.02. The standard InChI is InChI=1S/C19H23F2N5O5S/c1-13-10-17(24-31-13)23-18(27)12-25-6-8-26(9-7-25)19(28)4-5-22-32(29,30)14-2-3-15(20)16(21)11-14/h2-3,10-11,22H,4-9,12H2,1H3,(H,23,24,27). The number of hydrogen-bond acceptors (Lipinski definition) is 7. The van der Waals surface area contributed by atoms with Crippen molar-refractivity contribution in [2.24, 2.45) is 0 Å². The molecule has 0 bridgehead atoms. The Kier molecular flexibility index (Phi) is 7.53. The van der Waals surface area contributed by atoms with Gasteiger partial charge in [-0.3, -0.25) is 14.5 Å². The minimum Gasteiger partial charge on any atom is -0.360 e. The highest BCUT2D eigenvalue weighted by molar-refractivity contribution is 7.89. The summed E-state index contributed by atoms with van der Waals surface area (Å²) < 4.78 is 57.6. The summed E-state index contributed by atoms with van der Waals surface area (Å²) >= 11 is 0. The average molecular weight is 471 g/mol. The van der Waals surface area contributed by atoms with Gasteiger partial charge in [-0.05, 0) is 25.1 Å². The van der Waals surface area contributed by atoms with E-state index in [1.165, 1.54) is 0 Å². The van der Waals surface area contributed by atoms with Crippen molar-refractivity contribution in [1.29, 1.82) is 0 Å². The van der Waals surface area contributed by atoms with Crippen LogP contribution in [0.4, 0.5) is 14.6 Å². The van der Waals surface area contributed by atoms with Gasteiger partial charge in [0.25, 0.3) is 0 Å². The molecule has 2 heterocycles. The maximum absolute atomic E-state index is 13.3. The molecule has 0 spiro atoms. The molecule has 13 heteroatoms. The summed E-state index contributed by atoms with van der Waals surface area (Å²) in [4.78, 5) is 27.5. The number of halogens is 2. The Hall–Kier alpha value is -2.90. The SMILES string of the molecule is Cc1cc(NC(=O)CN2CCN(C(=O)CCNS(=O)(=O)c3ccc(F)c(F)c3)CC2)no1. The van der Waals surface area contributed by atoms with Crippen LogP contribution >= 0.6 is 0 Å². The lowest BCUT2D eigenvalue weighted by Gasteiger charge is -2.34. The summed E-state index contributed by atoms with van der Waals surface area (Å²) in [7, 11) is -4.06. The number of nitrogens with one attached hydrogen (secondary N) is 2. The van der Waals surface area contributed by atoms with Crippen molar-refractivity contribution in [2.75, 3.05) is 44.6 Å². The molecule has 1 saturated heterocycles. The zero-order valence-corrected chi connectivity index (χ0v) is 18.1. The molecular formula is C19H23F2N5O5S. The zero-order valence-electron chi connectivity index (χ0n) is 17.3. The first-order valence-corrected chi connectivity index (χ1v) is 11.3. The van der Waals surface area contributed by atoms with Gasteiger partial charge in [0.15, 0.2) is 17.5 Å². The number of rotatable bonds is 8. The van der Waals surface area contributed by atoms with Gasteiger partial charge in [0, 0.05) is 45.2 Å². The summed E-state index contributed by atoms with van der Waals surface area (Å²) in [5.41, 5.74) is 0. The molecule has 32 heavy (non-hydrogen) atoms. The van der Waals surface area contributed by atoms with E-state index < -0.39 is 26.6 Å². The predicted octanol–water partition coefficient (Wildman–Crippen LogP) is 0.713. The lowest BCUT2D eigenvalue weighted by molar-refractivity contribution is -0.132. The Bertz CT molecular complexity index is 1080. The van der Waals surface area contributed by atoms with Crippen LogP contribution in [-0.4, -0.2) is 74.5 Å². The third-order valence-electron chi connectivity index (χ3n) is 4.82. The first kappa shape index (κ1) is 23.8. The van der Waals surface area contributed by atoms with Crippen molar-refractivity contribution in [2.45, 2.75) is 18.2 Å². The van der Waals surface area contributed by atoms with E-state index in [4.69, 9.17) is 4.52 Å². The number of piperazine rings is 1. The highest BCUT2D eigenvalue weighted by Crippen LogP contribution is 2.14. The molecule has 2 amide bonds. The fourth-order valence-electron chi connectivity index (χ4n) is 3.14. The van der Waals surface area contributed by atoms with Gasteiger partial charge in [0.1, 0.15) is 5.76 Å². The van der Waals surface area contributed by atoms with E-state index in [0.717, 1.165) is 12.1 Å². The van der Waals surface area contributed by atoms with Gasteiger partial charge >= 0.3 is 0 Å². The van der Waals surface area contributed by atoms with E-state index in [0.29, 0.717) is 43.8 Å². The summed E-state index contributed by atoms with van der Waals surface area (Å²) in [6.07, 6.45) is -0.0884. The van der Waals surface area contributed by atoms with Gasteiger partial charge in [-0.25, -0.2) is 21.9 Å². The fourth-order valence-corrected chi connectivity index (χ4v) is 4.19. The molecule has 174 valence electrons. The van der Waals surface area contributed by atoms with Crippen LogP contribution in [0.2, 0.25) is 0 Å². The molecule has 10 nitrogen and oxygen atoms in total. The first-order valence-electron chi connectivity index (χ1n) is 9.82. The molecule has 1 fully saturated rings. The molecule has 0 atom stereocenters. The molecule has 0 radical (unpaired) electrons. The van der Waals surface area contributed by atoms with Crippen LogP contribution in [0.3, 0.4) is 0 Å². The van der Waals surface area contributed by atoms with Crippen molar-refractivity contribution in [3.8, 4) is 0 Å². The van der Waals surface area contributed by atoms with Gasteiger partial charge in [-0.2, -0.15) is 0 Å². The number of aromatic nitrogens is 1. The smallest absolute Gasteiger partial charge is 0.240 e. The van der Waals surface area contributed by atoms with E-state index in [9.17, 15) is 26.8 Å². The number of benzene rings is 1. The minimum absolute atomic E-state index is 0.0884. The largest absolute Gasteiger partial charge is 0.360 e. The molecule has 1 aliphatic rings. The maximum atomic E-state index is 13.3. The number of hydrogen-bond donors (Lipinski definition) is 2. The Balaban J connectivity index is 1.39. The van der Waals surface area contributed by atoms with Crippen molar-refractivity contribution >= 4 is 27.7 Å². The molecule has 0 unspecified atom stereocenters. The topological polar surface area (TPSA) is 125 Å². The highest BCUT2D eigenvalue weighted by Gasteiger charge is 2.23. The monoisotopic (exact) mass is 471 g/mol. The number of amides is 2. The molecule has 3 rings (SSSR count). The van der Waals surface area contributed by atoms with Gasteiger partial charge in [0.05, 0.1) is 11.4 Å². The van der Waals surface area contributed by atoms with E-state index in [1.54, 1.807) is 17.9 Å². The summed E-state index contributed by atoms with van der Waals surface area (Å²) in [6.45, 7) is 3.43. The Morgan fingerprint density at radius 1 is 1.12 bits per heavy atom.